The van der Waals surface area contributed by atoms with Crippen LogP contribution < -0.4 is 5.32 Å². The van der Waals surface area contributed by atoms with Crippen molar-refractivity contribution in [3.8, 4) is 0 Å². The van der Waals surface area contributed by atoms with Crippen LogP contribution in [0, 0.1) is 0 Å². The van der Waals surface area contributed by atoms with E-state index in [-0.39, 0.29) is 5.54 Å². The first kappa shape index (κ1) is 13.9. The monoisotopic (exact) mass is 267 g/mol. The molecular weight excluding hydrogens is 242 g/mol. The minimum absolute atomic E-state index is 0.0768. The van der Waals surface area contributed by atoms with Gasteiger partial charge in [0.15, 0.2) is 0 Å². The summed E-state index contributed by atoms with van der Waals surface area (Å²) in [5.41, 5.74) is 1.37. The SMILES string of the molecule is CSC1CCCC1NCc1cnn(C(C)(C)C)c1. The molecule has 0 saturated heterocycles. The summed E-state index contributed by atoms with van der Waals surface area (Å²) >= 11 is 2.00. The van der Waals surface area contributed by atoms with E-state index >= 15 is 0 Å². The summed E-state index contributed by atoms with van der Waals surface area (Å²) in [7, 11) is 0. The molecule has 2 rings (SSSR count). The Hall–Kier alpha value is -0.480. The molecule has 1 N–H and O–H groups in total. The van der Waals surface area contributed by atoms with Gasteiger partial charge in [-0.1, -0.05) is 6.42 Å². The van der Waals surface area contributed by atoms with Crippen LogP contribution in [-0.2, 0) is 12.1 Å². The van der Waals surface area contributed by atoms with Crippen LogP contribution in [0.3, 0.4) is 0 Å². The van der Waals surface area contributed by atoms with E-state index in [1.165, 1.54) is 24.8 Å². The summed E-state index contributed by atoms with van der Waals surface area (Å²) in [5.74, 6) is 0. The van der Waals surface area contributed by atoms with Gasteiger partial charge in [0, 0.05) is 29.6 Å². The highest BCUT2D eigenvalue weighted by Gasteiger charge is 2.25. The Morgan fingerprint density at radius 1 is 1.44 bits per heavy atom. The first-order valence-electron chi connectivity index (χ1n) is 6.81. The molecule has 0 bridgehead atoms. The zero-order valence-corrected chi connectivity index (χ0v) is 12.8. The third-order valence-corrected chi connectivity index (χ3v) is 4.82. The van der Waals surface area contributed by atoms with Crippen molar-refractivity contribution in [1.82, 2.24) is 15.1 Å². The molecule has 1 heterocycles. The molecule has 2 atom stereocenters. The van der Waals surface area contributed by atoms with Crippen molar-refractivity contribution >= 4 is 11.8 Å². The van der Waals surface area contributed by atoms with Crippen molar-refractivity contribution in [3.05, 3.63) is 18.0 Å². The maximum Gasteiger partial charge on any atom is 0.0543 e. The van der Waals surface area contributed by atoms with Gasteiger partial charge in [-0.3, -0.25) is 4.68 Å². The van der Waals surface area contributed by atoms with E-state index in [0.717, 1.165) is 11.8 Å². The first-order valence-corrected chi connectivity index (χ1v) is 8.09. The zero-order chi connectivity index (χ0) is 13.2. The molecular formula is C14H25N3S. The fourth-order valence-electron chi connectivity index (χ4n) is 2.51. The lowest BCUT2D eigenvalue weighted by Crippen LogP contribution is -2.33. The average molecular weight is 267 g/mol. The number of rotatable bonds is 4. The van der Waals surface area contributed by atoms with Gasteiger partial charge < -0.3 is 5.32 Å². The number of nitrogens with zero attached hydrogens (tertiary/aromatic N) is 2. The van der Waals surface area contributed by atoms with Gasteiger partial charge >= 0.3 is 0 Å². The molecule has 18 heavy (non-hydrogen) atoms. The molecule has 2 unspecified atom stereocenters. The molecule has 102 valence electrons. The minimum Gasteiger partial charge on any atom is -0.309 e. The van der Waals surface area contributed by atoms with Crippen molar-refractivity contribution in [2.45, 2.75) is 63.4 Å². The Kier molecular flexibility index (Phi) is 4.38. The molecule has 1 aliphatic rings. The molecule has 0 radical (unpaired) electrons. The van der Waals surface area contributed by atoms with Crippen LogP contribution in [0.25, 0.3) is 0 Å². The normalized spacial score (nSPS) is 24.7. The molecule has 0 aromatic carbocycles. The second kappa shape index (κ2) is 5.66. The number of hydrogen-bond acceptors (Lipinski definition) is 3. The van der Waals surface area contributed by atoms with E-state index in [4.69, 9.17) is 0 Å². The van der Waals surface area contributed by atoms with E-state index in [9.17, 15) is 0 Å². The molecule has 1 saturated carbocycles. The highest BCUT2D eigenvalue weighted by atomic mass is 32.2. The van der Waals surface area contributed by atoms with Crippen molar-refractivity contribution in [2.75, 3.05) is 6.26 Å². The molecule has 1 aliphatic carbocycles. The number of hydrogen-bond donors (Lipinski definition) is 1. The van der Waals surface area contributed by atoms with Crippen LogP contribution in [-0.4, -0.2) is 27.3 Å². The van der Waals surface area contributed by atoms with Gasteiger partial charge in [0.05, 0.1) is 11.7 Å². The molecule has 4 heteroatoms. The van der Waals surface area contributed by atoms with E-state index < -0.39 is 0 Å². The van der Waals surface area contributed by atoms with E-state index in [0.29, 0.717) is 6.04 Å². The molecule has 1 fully saturated rings. The van der Waals surface area contributed by atoms with Gasteiger partial charge in [0.25, 0.3) is 0 Å². The Bertz CT molecular complexity index is 381. The zero-order valence-electron chi connectivity index (χ0n) is 11.9. The summed E-state index contributed by atoms with van der Waals surface area (Å²) in [6.07, 6.45) is 10.4. The van der Waals surface area contributed by atoms with Gasteiger partial charge in [-0.05, 0) is 39.9 Å². The third-order valence-electron chi connectivity index (χ3n) is 3.65. The highest BCUT2D eigenvalue weighted by Crippen LogP contribution is 2.28. The standard InChI is InChI=1S/C14H25N3S/c1-14(2,3)17-10-11(9-16-17)8-15-12-6-5-7-13(12)18-4/h9-10,12-13,15H,5-8H2,1-4H3. The smallest absolute Gasteiger partial charge is 0.0543 e. The molecule has 1 aromatic rings. The Balaban J connectivity index is 1.89. The van der Waals surface area contributed by atoms with Crippen LogP contribution in [0.5, 0.6) is 0 Å². The topological polar surface area (TPSA) is 29.9 Å². The summed E-state index contributed by atoms with van der Waals surface area (Å²) in [6.45, 7) is 7.48. The van der Waals surface area contributed by atoms with Crippen LogP contribution in [0.4, 0.5) is 0 Å². The van der Waals surface area contributed by atoms with Crippen LogP contribution in [0.2, 0.25) is 0 Å². The quantitative estimate of drug-likeness (QED) is 0.909. The predicted molar refractivity (Wildman–Crippen MR) is 79.0 cm³/mol. The lowest BCUT2D eigenvalue weighted by Gasteiger charge is -2.19. The van der Waals surface area contributed by atoms with Crippen molar-refractivity contribution in [3.63, 3.8) is 0 Å². The Morgan fingerprint density at radius 2 is 2.22 bits per heavy atom. The maximum absolute atomic E-state index is 4.44. The first-order chi connectivity index (χ1) is 8.50. The number of aromatic nitrogens is 2. The molecule has 0 spiro atoms. The highest BCUT2D eigenvalue weighted by molar-refractivity contribution is 7.99. The van der Waals surface area contributed by atoms with Crippen LogP contribution in [0.15, 0.2) is 12.4 Å². The Labute approximate surface area is 115 Å². The van der Waals surface area contributed by atoms with Gasteiger partial charge in [-0.25, -0.2) is 0 Å². The van der Waals surface area contributed by atoms with Crippen molar-refractivity contribution < 1.29 is 0 Å². The summed E-state index contributed by atoms with van der Waals surface area (Å²) in [5, 5.41) is 8.93. The lowest BCUT2D eigenvalue weighted by molar-refractivity contribution is 0.355. The van der Waals surface area contributed by atoms with Crippen molar-refractivity contribution in [2.24, 2.45) is 0 Å². The lowest BCUT2D eigenvalue weighted by atomic mass is 10.1. The molecule has 0 amide bonds. The second-order valence-electron chi connectivity index (χ2n) is 6.16. The summed E-state index contributed by atoms with van der Waals surface area (Å²) in [4.78, 5) is 0. The van der Waals surface area contributed by atoms with E-state index in [2.05, 4.69) is 43.6 Å². The number of thioether (sulfide) groups is 1. The molecule has 3 nitrogen and oxygen atoms in total. The Morgan fingerprint density at radius 3 is 2.83 bits per heavy atom. The largest absolute Gasteiger partial charge is 0.309 e. The van der Waals surface area contributed by atoms with Crippen LogP contribution in [0.1, 0.15) is 45.6 Å². The number of nitrogens with one attached hydrogen (secondary N) is 1. The van der Waals surface area contributed by atoms with Gasteiger partial charge in [0.1, 0.15) is 0 Å². The summed E-state index contributed by atoms with van der Waals surface area (Å²) in [6, 6.07) is 0.679. The second-order valence-corrected chi connectivity index (χ2v) is 7.23. The summed E-state index contributed by atoms with van der Waals surface area (Å²) < 4.78 is 2.05. The van der Waals surface area contributed by atoms with Crippen molar-refractivity contribution in [1.29, 1.82) is 0 Å². The average Bonchev–Trinajstić information content (AvgIpc) is 2.94. The van der Waals surface area contributed by atoms with Gasteiger partial charge in [-0.15, -0.1) is 0 Å². The van der Waals surface area contributed by atoms with Gasteiger partial charge in [0.2, 0.25) is 0 Å². The molecule has 1 aromatic heterocycles. The van der Waals surface area contributed by atoms with E-state index in [1.54, 1.807) is 0 Å². The minimum atomic E-state index is 0.0768. The fraction of sp³-hybridized carbons (Fsp3) is 0.786. The predicted octanol–water partition coefficient (Wildman–Crippen LogP) is 3.01. The molecule has 0 aliphatic heterocycles. The van der Waals surface area contributed by atoms with Gasteiger partial charge in [-0.2, -0.15) is 16.9 Å². The maximum atomic E-state index is 4.44. The van der Waals surface area contributed by atoms with Crippen LogP contribution >= 0.6 is 11.8 Å². The van der Waals surface area contributed by atoms with E-state index in [1.807, 2.05) is 22.6 Å². The third kappa shape index (κ3) is 3.29. The fourth-order valence-corrected chi connectivity index (χ4v) is 3.47.